The van der Waals surface area contributed by atoms with Crippen LogP contribution in [0.3, 0.4) is 0 Å². The van der Waals surface area contributed by atoms with Crippen LogP contribution in [0.2, 0.25) is 0 Å². The van der Waals surface area contributed by atoms with E-state index in [1.165, 1.54) is 6.92 Å². The van der Waals surface area contributed by atoms with Crippen LogP contribution >= 0.6 is 0 Å². The highest BCUT2D eigenvalue weighted by molar-refractivity contribution is 6.04. The molecule has 1 aromatic carbocycles. The van der Waals surface area contributed by atoms with Crippen molar-refractivity contribution >= 4 is 5.78 Å². The van der Waals surface area contributed by atoms with Crippen LogP contribution in [0.15, 0.2) is 24.3 Å². The highest BCUT2D eigenvalue weighted by Gasteiger charge is 2.36. The molecule has 0 radical (unpaired) electrons. The molecular formula is C11H12O. The first-order valence-electron chi connectivity index (χ1n) is 5.49. The molecule has 0 aliphatic heterocycles. The summed E-state index contributed by atoms with van der Waals surface area (Å²) in [7, 11) is 0. The molecule has 1 nitrogen and oxygen atoms in total. The summed E-state index contributed by atoms with van der Waals surface area (Å²) in [4.78, 5) is 12.0. The van der Waals surface area contributed by atoms with E-state index in [1.807, 2.05) is 12.1 Å². The molecule has 1 aliphatic rings. The fourth-order valence-electron chi connectivity index (χ4n) is 1.65. The lowest BCUT2D eigenvalue weighted by atomic mass is 9.96. The van der Waals surface area contributed by atoms with Crippen LogP contribution in [-0.2, 0) is 6.42 Å². The quantitative estimate of drug-likeness (QED) is 0.538. The third kappa shape index (κ3) is 0.893. The predicted octanol–water partition coefficient (Wildman–Crippen LogP) is 2.45. The maximum atomic E-state index is 12.0. The summed E-state index contributed by atoms with van der Waals surface area (Å²) >= 11 is 0. The number of Topliss-reactive ketones (excluding diaryl/α,β-unsaturated/α-hetero) is 1. The number of rotatable bonds is 0. The molecule has 0 N–H and O–H groups in total. The molecule has 0 aromatic heterocycles. The highest BCUT2D eigenvalue weighted by atomic mass is 16.1. The maximum Gasteiger partial charge on any atom is 0.169 e. The number of carbonyl (C=O) groups excluding carboxylic acids is 1. The minimum Gasteiger partial charge on any atom is -0.294 e. The molecule has 62 valence electrons. The van der Waals surface area contributed by atoms with Crippen LogP contribution in [0.25, 0.3) is 0 Å². The van der Waals surface area contributed by atoms with Crippen molar-refractivity contribution in [3.63, 3.8) is 0 Å². The van der Waals surface area contributed by atoms with Gasteiger partial charge in [0.05, 0.1) is 0 Å². The van der Waals surface area contributed by atoms with Crippen LogP contribution in [0.5, 0.6) is 0 Å². The molecule has 1 unspecified atom stereocenters. The van der Waals surface area contributed by atoms with Crippen molar-refractivity contribution < 1.29 is 8.91 Å². The Kier molecular flexibility index (Phi) is 0.877. The van der Waals surface area contributed by atoms with Gasteiger partial charge in [-0.1, -0.05) is 38.0 Å². The third-order valence-corrected chi connectivity index (χ3v) is 2.31. The summed E-state index contributed by atoms with van der Waals surface area (Å²) in [5.74, 6) is -0.252. The molecular weight excluding hydrogens is 149 g/mol. The Labute approximate surface area is 76.6 Å². The zero-order valence-corrected chi connectivity index (χ0v) is 6.92. The smallest absolute Gasteiger partial charge is 0.169 e. The van der Waals surface area contributed by atoms with Crippen LogP contribution in [0, 0.1) is 5.41 Å². The molecule has 0 fully saturated rings. The van der Waals surface area contributed by atoms with Gasteiger partial charge in [-0.25, -0.2) is 0 Å². The zero-order chi connectivity index (χ0) is 11.3. The lowest BCUT2D eigenvalue weighted by Crippen LogP contribution is -2.18. The van der Waals surface area contributed by atoms with Crippen molar-refractivity contribution in [3.8, 4) is 0 Å². The van der Waals surface area contributed by atoms with Gasteiger partial charge >= 0.3 is 0 Å². The Morgan fingerprint density at radius 2 is 2.25 bits per heavy atom. The number of carbonyl (C=O) groups is 1. The van der Waals surface area contributed by atoms with Crippen molar-refractivity contribution in [1.82, 2.24) is 0 Å². The first-order valence-corrected chi connectivity index (χ1v) is 3.99. The molecule has 1 aliphatic carbocycles. The average molecular weight is 164 g/mol. The van der Waals surface area contributed by atoms with Crippen LogP contribution < -0.4 is 0 Å². The Balaban J connectivity index is 2.52. The molecule has 1 heteroatoms. The molecule has 0 amide bonds. The van der Waals surface area contributed by atoms with Gasteiger partial charge < -0.3 is 0 Å². The zero-order valence-electron chi connectivity index (χ0n) is 9.92. The van der Waals surface area contributed by atoms with Gasteiger partial charge in [0.25, 0.3) is 0 Å². The second-order valence-electron chi connectivity index (χ2n) is 3.50. The second-order valence-corrected chi connectivity index (χ2v) is 3.50. The van der Waals surface area contributed by atoms with Gasteiger partial charge in [-0.2, -0.15) is 0 Å². The number of hydrogen-bond acceptors (Lipinski definition) is 1. The molecule has 0 heterocycles. The van der Waals surface area contributed by atoms with Gasteiger partial charge in [-0.05, 0) is 12.0 Å². The van der Waals surface area contributed by atoms with E-state index in [0.717, 1.165) is 5.56 Å². The molecule has 0 saturated carbocycles. The summed E-state index contributed by atoms with van der Waals surface area (Å²) in [5, 5.41) is 0. The largest absolute Gasteiger partial charge is 0.294 e. The Hall–Kier alpha value is -1.11. The fourth-order valence-corrected chi connectivity index (χ4v) is 1.65. The van der Waals surface area contributed by atoms with Crippen molar-refractivity contribution in [2.24, 2.45) is 5.41 Å². The topological polar surface area (TPSA) is 17.1 Å². The van der Waals surface area contributed by atoms with Crippen LogP contribution in [-0.4, -0.2) is 5.78 Å². The minimum absolute atomic E-state index is 0.252. The van der Waals surface area contributed by atoms with E-state index in [1.54, 1.807) is 12.1 Å². The minimum atomic E-state index is -2.23. The van der Waals surface area contributed by atoms with Crippen LogP contribution in [0.1, 0.15) is 33.8 Å². The van der Waals surface area contributed by atoms with E-state index in [-0.39, 0.29) is 5.78 Å². The molecule has 1 aromatic rings. The van der Waals surface area contributed by atoms with Gasteiger partial charge in [0, 0.05) is 15.1 Å². The molecule has 1 atom stereocenters. The fraction of sp³-hybridized carbons (Fsp3) is 0.364. The van der Waals surface area contributed by atoms with E-state index in [4.69, 9.17) is 4.11 Å². The number of ketones is 1. The first kappa shape index (κ1) is 4.80. The Bertz CT molecular complexity index is 422. The van der Waals surface area contributed by atoms with Gasteiger partial charge in [0.1, 0.15) is 0 Å². The maximum absolute atomic E-state index is 12.0. The number of benzene rings is 1. The van der Waals surface area contributed by atoms with Gasteiger partial charge in [0.2, 0.25) is 0 Å². The van der Waals surface area contributed by atoms with Gasteiger partial charge in [-0.15, -0.1) is 0 Å². The van der Waals surface area contributed by atoms with Crippen molar-refractivity contribution in [1.29, 1.82) is 0 Å². The highest BCUT2D eigenvalue weighted by Crippen LogP contribution is 2.35. The summed E-state index contributed by atoms with van der Waals surface area (Å²) in [5.41, 5.74) is 0.175. The van der Waals surface area contributed by atoms with E-state index in [9.17, 15) is 4.79 Å². The number of hydrogen-bond donors (Lipinski definition) is 0. The van der Waals surface area contributed by atoms with E-state index >= 15 is 0 Å². The third-order valence-electron chi connectivity index (χ3n) is 2.31. The lowest BCUT2D eigenvalue weighted by molar-refractivity contribution is 0.0863. The van der Waals surface area contributed by atoms with Crippen molar-refractivity contribution in [3.05, 3.63) is 35.4 Å². The van der Waals surface area contributed by atoms with Crippen molar-refractivity contribution in [2.45, 2.75) is 20.2 Å². The normalized spacial score (nSPS) is 32.1. The standard InChI is InChI=1S/C11H12O/c1-11(2)7-8-5-3-4-6-9(8)10(11)12/h3-6H,7H2,1-2H3/i1D3,2+1. The Morgan fingerprint density at radius 1 is 1.50 bits per heavy atom. The van der Waals surface area contributed by atoms with Gasteiger partial charge in [-0.3, -0.25) is 4.79 Å². The van der Waals surface area contributed by atoms with Gasteiger partial charge in [0.15, 0.2) is 5.78 Å². The molecule has 0 spiro atoms. The van der Waals surface area contributed by atoms with E-state index < -0.39 is 12.3 Å². The monoisotopic (exact) mass is 164 g/mol. The SMILES string of the molecule is [2H]C([2H])([2H])C1([13CH3])Cc2ccccc2C1=O. The predicted molar refractivity (Wildman–Crippen MR) is 48.3 cm³/mol. The number of fused-ring (bicyclic) bond motifs is 1. The average Bonchev–Trinajstić information content (AvgIpc) is 2.40. The molecule has 12 heavy (non-hydrogen) atoms. The summed E-state index contributed by atoms with van der Waals surface area (Å²) < 4.78 is 22.3. The molecule has 0 bridgehead atoms. The first-order chi connectivity index (χ1) is 6.86. The van der Waals surface area contributed by atoms with Crippen molar-refractivity contribution in [2.75, 3.05) is 0 Å². The lowest BCUT2D eigenvalue weighted by Gasteiger charge is -2.12. The Morgan fingerprint density at radius 3 is 2.92 bits per heavy atom. The molecule has 0 saturated heterocycles. The second kappa shape index (κ2) is 2.19. The summed E-state index contributed by atoms with van der Waals surface area (Å²) in [6.07, 6.45) is 0.318. The molecule has 2 rings (SSSR count). The van der Waals surface area contributed by atoms with E-state index in [0.29, 0.717) is 12.0 Å². The summed E-state index contributed by atoms with van der Waals surface area (Å²) in [6.45, 7) is -0.703. The summed E-state index contributed by atoms with van der Waals surface area (Å²) in [6, 6.07) is 7.12. The van der Waals surface area contributed by atoms with Crippen LogP contribution in [0.4, 0.5) is 0 Å². The van der Waals surface area contributed by atoms with E-state index in [2.05, 4.69) is 0 Å².